The lowest BCUT2D eigenvalue weighted by molar-refractivity contribution is 0.0696. The summed E-state index contributed by atoms with van der Waals surface area (Å²) in [7, 11) is 0. The molecule has 13 heavy (non-hydrogen) atoms. The number of carbonyl (C=O) groups is 1. The number of phenols is 1. The molecule has 4 nitrogen and oxygen atoms in total. The van der Waals surface area contributed by atoms with Crippen LogP contribution < -0.4 is 0 Å². The highest BCUT2D eigenvalue weighted by atomic mass is 127. The van der Waals surface area contributed by atoms with E-state index in [4.69, 9.17) is 10.4 Å². The second-order valence-electron chi connectivity index (χ2n) is 2.24. The van der Waals surface area contributed by atoms with Crippen LogP contribution in [0.5, 0.6) is 5.75 Å². The summed E-state index contributed by atoms with van der Waals surface area (Å²) in [5, 5.41) is 26.6. The number of benzene rings is 1. The van der Waals surface area contributed by atoms with E-state index in [0.29, 0.717) is 3.57 Å². The van der Waals surface area contributed by atoms with Crippen LogP contribution in [-0.2, 0) is 0 Å². The molecule has 0 radical (unpaired) electrons. The molecule has 0 atom stereocenters. The molecule has 1 aromatic rings. The smallest absolute Gasteiger partial charge is 0.337 e. The maximum absolute atomic E-state index is 10.6. The molecule has 0 aliphatic carbocycles. The minimum Gasteiger partial charge on any atom is -0.505 e. The molecule has 0 unspecified atom stereocenters. The zero-order valence-electron chi connectivity index (χ0n) is 6.28. The van der Waals surface area contributed by atoms with Crippen LogP contribution in [0.25, 0.3) is 0 Å². The summed E-state index contributed by atoms with van der Waals surface area (Å²) in [6.07, 6.45) is 0. The Morgan fingerprint density at radius 3 is 2.62 bits per heavy atom. The van der Waals surface area contributed by atoms with Gasteiger partial charge in [-0.05, 0) is 34.7 Å². The van der Waals surface area contributed by atoms with E-state index in [-0.39, 0.29) is 16.9 Å². The van der Waals surface area contributed by atoms with Crippen LogP contribution in [0.3, 0.4) is 0 Å². The summed E-state index contributed by atoms with van der Waals surface area (Å²) in [5.41, 5.74) is -0.375. The number of hydrogen-bond acceptors (Lipinski definition) is 3. The number of aromatic carboxylic acids is 1. The Hall–Kier alpha value is -1.29. The van der Waals surface area contributed by atoms with Crippen molar-refractivity contribution >= 4 is 28.6 Å². The maximum Gasteiger partial charge on any atom is 0.337 e. The fourth-order valence-electron chi connectivity index (χ4n) is 0.857. The van der Waals surface area contributed by atoms with E-state index in [9.17, 15) is 9.90 Å². The lowest BCUT2D eigenvalue weighted by atomic mass is 10.1. The summed E-state index contributed by atoms with van der Waals surface area (Å²) in [6.45, 7) is 0. The van der Waals surface area contributed by atoms with E-state index in [1.54, 1.807) is 6.07 Å². The molecule has 0 saturated carbocycles. The average Bonchev–Trinajstić information content (AvgIpc) is 2.09. The van der Waals surface area contributed by atoms with Gasteiger partial charge in [0.05, 0.1) is 9.13 Å². The number of hydrogen-bond donors (Lipinski definition) is 2. The molecule has 0 aromatic heterocycles. The summed E-state index contributed by atoms with van der Waals surface area (Å²) in [5.74, 6) is -1.49. The van der Waals surface area contributed by atoms with Gasteiger partial charge in [-0.1, -0.05) is 0 Å². The van der Waals surface area contributed by atoms with E-state index >= 15 is 0 Å². The average molecular weight is 289 g/mol. The standard InChI is InChI=1S/C8H4INO3/c9-6-2-1-4(8(12)13)5(3-10)7(6)11/h1-2,11H,(H,12,13). The molecule has 0 heterocycles. The first kappa shape index (κ1) is 9.80. The molecule has 0 aliphatic heterocycles. The third-order valence-electron chi connectivity index (χ3n) is 1.47. The van der Waals surface area contributed by atoms with Crippen LogP contribution in [0.2, 0.25) is 0 Å². The second-order valence-corrected chi connectivity index (χ2v) is 3.40. The molecular formula is C8H4INO3. The van der Waals surface area contributed by atoms with E-state index in [1.165, 1.54) is 12.1 Å². The molecule has 2 N–H and O–H groups in total. The molecule has 0 saturated heterocycles. The zero-order valence-corrected chi connectivity index (χ0v) is 8.44. The van der Waals surface area contributed by atoms with Gasteiger partial charge in [-0.15, -0.1) is 0 Å². The largest absolute Gasteiger partial charge is 0.505 e. The monoisotopic (exact) mass is 289 g/mol. The molecule has 66 valence electrons. The van der Waals surface area contributed by atoms with Crippen molar-refractivity contribution in [2.24, 2.45) is 0 Å². The highest BCUT2D eigenvalue weighted by Gasteiger charge is 2.15. The molecular weight excluding hydrogens is 285 g/mol. The summed E-state index contributed by atoms with van der Waals surface area (Å²) in [6, 6.07) is 4.39. The van der Waals surface area contributed by atoms with Gasteiger partial charge in [0.25, 0.3) is 0 Å². The molecule has 5 heteroatoms. The number of nitrogens with zero attached hydrogens (tertiary/aromatic N) is 1. The highest BCUT2D eigenvalue weighted by Crippen LogP contribution is 2.26. The van der Waals surface area contributed by atoms with Crippen LogP contribution in [0.15, 0.2) is 12.1 Å². The predicted molar refractivity (Wildman–Crippen MR) is 52.5 cm³/mol. The third kappa shape index (κ3) is 1.72. The fraction of sp³-hybridized carbons (Fsp3) is 0. The Balaban J connectivity index is 3.50. The van der Waals surface area contributed by atoms with E-state index in [2.05, 4.69) is 0 Å². The Morgan fingerprint density at radius 2 is 2.15 bits per heavy atom. The van der Waals surface area contributed by atoms with Crippen molar-refractivity contribution in [1.82, 2.24) is 0 Å². The van der Waals surface area contributed by atoms with Gasteiger partial charge in [-0.25, -0.2) is 4.79 Å². The number of nitriles is 1. The zero-order chi connectivity index (χ0) is 10.0. The Morgan fingerprint density at radius 1 is 1.54 bits per heavy atom. The summed E-state index contributed by atoms with van der Waals surface area (Å²) >= 11 is 1.82. The molecule has 0 bridgehead atoms. The number of carboxylic acids is 1. The topological polar surface area (TPSA) is 81.3 Å². The number of carboxylic acid groups (broad SMARTS) is 1. The lowest BCUT2D eigenvalue weighted by Gasteiger charge is -2.02. The van der Waals surface area contributed by atoms with Crippen molar-refractivity contribution in [1.29, 1.82) is 5.26 Å². The summed E-state index contributed by atoms with van der Waals surface area (Å²) < 4.78 is 0.458. The van der Waals surface area contributed by atoms with E-state index < -0.39 is 5.97 Å². The fourth-order valence-corrected chi connectivity index (χ4v) is 1.31. The minimum atomic E-state index is -1.22. The van der Waals surface area contributed by atoms with E-state index in [1.807, 2.05) is 22.6 Å². The second kappa shape index (κ2) is 3.62. The molecule has 0 spiro atoms. The summed E-state index contributed by atoms with van der Waals surface area (Å²) in [4.78, 5) is 10.6. The van der Waals surface area contributed by atoms with Crippen LogP contribution >= 0.6 is 22.6 Å². The van der Waals surface area contributed by atoms with Gasteiger partial charge in [0, 0.05) is 0 Å². The van der Waals surface area contributed by atoms with Crippen molar-refractivity contribution in [2.45, 2.75) is 0 Å². The quantitative estimate of drug-likeness (QED) is 0.769. The van der Waals surface area contributed by atoms with Gasteiger partial charge in [-0.3, -0.25) is 0 Å². The Labute approximate surface area is 87.6 Å². The van der Waals surface area contributed by atoms with Gasteiger partial charge >= 0.3 is 5.97 Å². The first-order valence-electron chi connectivity index (χ1n) is 3.22. The van der Waals surface area contributed by atoms with Crippen molar-refractivity contribution in [2.75, 3.05) is 0 Å². The van der Waals surface area contributed by atoms with Crippen LogP contribution in [0, 0.1) is 14.9 Å². The predicted octanol–water partition coefficient (Wildman–Crippen LogP) is 1.57. The maximum atomic E-state index is 10.6. The lowest BCUT2D eigenvalue weighted by Crippen LogP contribution is -2.00. The van der Waals surface area contributed by atoms with E-state index in [0.717, 1.165) is 0 Å². The van der Waals surface area contributed by atoms with Crippen LogP contribution in [-0.4, -0.2) is 16.2 Å². The third-order valence-corrected chi connectivity index (χ3v) is 2.34. The van der Waals surface area contributed by atoms with Gasteiger partial charge < -0.3 is 10.2 Å². The molecule has 0 amide bonds. The normalized spacial score (nSPS) is 9.23. The first-order valence-corrected chi connectivity index (χ1v) is 4.30. The van der Waals surface area contributed by atoms with Gasteiger partial charge in [0.1, 0.15) is 17.4 Å². The van der Waals surface area contributed by atoms with Crippen LogP contribution in [0.4, 0.5) is 0 Å². The minimum absolute atomic E-state index is 0.180. The Bertz CT molecular complexity index is 409. The number of phenolic OH excluding ortho intramolecular Hbond substituents is 1. The Kier molecular flexibility index (Phi) is 2.72. The highest BCUT2D eigenvalue weighted by molar-refractivity contribution is 14.1. The van der Waals surface area contributed by atoms with Crippen molar-refractivity contribution in [3.8, 4) is 11.8 Å². The van der Waals surface area contributed by atoms with Gasteiger partial charge in [-0.2, -0.15) is 5.26 Å². The number of halogens is 1. The molecule has 1 rings (SSSR count). The number of rotatable bonds is 1. The van der Waals surface area contributed by atoms with Crippen molar-refractivity contribution < 1.29 is 15.0 Å². The van der Waals surface area contributed by atoms with Crippen LogP contribution in [0.1, 0.15) is 15.9 Å². The molecule has 0 fully saturated rings. The first-order chi connectivity index (χ1) is 6.07. The number of aromatic hydroxyl groups is 1. The molecule has 0 aliphatic rings. The van der Waals surface area contributed by atoms with Crippen molar-refractivity contribution in [3.63, 3.8) is 0 Å². The van der Waals surface area contributed by atoms with Crippen molar-refractivity contribution in [3.05, 3.63) is 26.8 Å². The SMILES string of the molecule is N#Cc1c(C(=O)O)ccc(I)c1O. The van der Waals surface area contributed by atoms with Gasteiger partial charge in [0.15, 0.2) is 0 Å². The van der Waals surface area contributed by atoms with Gasteiger partial charge in [0.2, 0.25) is 0 Å². The molecule has 1 aromatic carbocycles.